The van der Waals surface area contributed by atoms with E-state index in [2.05, 4.69) is 31.4 Å². The van der Waals surface area contributed by atoms with E-state index in [1.54, 1.807) is 13.8 Å². The quantitative estimate of drug-likeness (QED) is 0.0892. The maximum Gasteiger partial charge on any atom is 0.381 e. The number of alkyl halides is 8. The monoisotopic (exact) mass is 626 g/mol. The fourth-order valence-electron chi connectivity index (χ4n) is 2.33. The van der Waals surface area contributed by atoms with Crippen LogP contribution < -0.4 is 0 Å². The van der Waals surface area contributed by atoms with E-state index in [1.807, 2.05) is 0 Å². The minimum absolute atomic E-state index is 0.0745. The lowest BCUT2D eigenvalue weighted by molar-refractivity contribution is -0.344. The Balaban J connectivity index is 0.000000633. The predicted molar refractivity (Wildman–Crippen MR) is 131 cm³/mol. The second kappa shape index (κ2) is 16.0. The largest absolute Gasteiger partial charge is 0.462 e. The van der Waals surface area contributed by atoms with Crippen LogP contribution in [0.2, 0.25) is 0 Å². The number of ether oxygens (including phenoxy) is 5. The summed E-state index contributed by atoms with van der Waals surface area (Å²) in [5, 5.41) is 0. The Bertz CT molecular complexity index is 983. The molecular weight excluding hydrogens is 592 g/mol. The van der Waals surface area contributed by atoms with Gasteiger partial charge < -0.3 is 23.7 Å². The van der Waals surface area contributed by atoms with Gasteiger partial charge in [0.25, 0.3) is 0 Å². The molecule has 1 unspecified atom stereocenters. The Morgan fingerprint density at radius 1 is 0.857 bits per heavy atom. The van der Waals surface area contributed by atoms with Crippen LogP contribution in [0.1, 0.15) is 34.1 Å². The van der Waals surface area contributed by atoms with Crippen LogP contribution >= 0.6 is 0 Å². The van der Waals surface area contributed by atoms with Crippen LogP contribution in [-0.4, -0.2) is 87.8 Å². The Morgan fingerprint density at radius 2 is 1.29 bits per heavy atom. The van der Waals surface area contributed by atoms with Gasteiger partial charge in [-0.15, -0.1) is 0 Å². The predicted octanol–water partition coefficient (Wildman–Crippen LogP) is 5.31. The molecular formula is C26H34F8O8. The smallest absolute Gasteiger partial charge is 0.381 e. The van der Waals surface area contributed by atoms with E-state index >= 15 is 0 Å². The molecule has 0 aromatic carbocycles. The summed E-state index contributed by atoms with van der Waals surface area (Å²) in [4.78, 5) is 32.4. The van der Waals surface area contributed by atoms with Crippen molar-refractivity contribution in [2.24, 2.45) is 5.41 Å². The molecule has 2 saturated heterocycles. The minimum Gasteiger partial charge on any atom is -0.462 e. The van der Waals surface area contributed by atoms with Gasteiger partial charge in [-0.05, 0) is 27.2 Å². The third-order valence-corrected chi connectivity index (χ3v) is 5.46. The molecule has 0 aromatic rings. The van der Waals surface area contributed by atoms with Crippen molar-refractivity contribution >= 4 is 17.9 Å². The van der Waals surface area contributed by atoms with Crippen molar-refractivity contribution in [1.29, 1.82) is 0 Å². The molecule has 0 spiro atoms. The van der Waals surface area contributed by atoms with Gasteiger partial charge in [-0.3, -0.25) is 0 Å². The second-order valence-electron chi connectivity index (χ2n) is 9.60. The summed E-state index contributed by atoms with van der Waals surface area (Å²) in [6.45, 7) is 16.7. The number of hydrogen-bond donors (Lipinski definition) is 0. The van der Waals surface area contributed by atoms with Crippen molar-refractivity contribution in [1.82, 2.24) is 0 Å². The van der Waals surface area contributed by atoms with Crippen LogP contribution in [0.3, 0.4) is 0 Å². The molecule has 16 heteroatoms. The van der Waals surface area contributed by atoms with Crippen LogP contribution in [0.15, 0.2) is 36.5 Å². The highest BCUT2D eigenvalue weighted by molar-refractivity contribution is 5.87. The minimum atomic E-state index is -6.39. The van der Waals surface area contributed by atoms with E-state index in [0.29, 0.717) is 44.2 Å². The number of halogens is 8. The third-order valence-electron chi connectivity index (χ3n) is 5.46. The molecule has 42 heavy (non-hydrogen) atoms. The Labute approximate surface area is 237 Å². The lowest BCUT2D eigenvalue weighted by Crippen LogP contribution is -2.59. The first-order valence-corrected chi connectivity index (χ1v) is 12.2. The van der Waals surface area contributed by atoms with Gasteiger partial charge in [-0.25, -0.2) is 23.2 Å². The molecule has 2 rings (SSSR count). The highest BCUT2D eigenvalue weighted by Gasteiger charge is 2.75. The van der Waals surface area contributed by atoms with Crippen molar-refractivity contribution in [3.63, 3.8) is 0 Å². The van der Waals surface area contributed by atoms with Crippen LogP contribution in [0, 0.1) is 5.41 Å². The number of rotatable bonds is 13. The first-order chi connectivity index (χ1) is 19.1. The standard InChI is InChI=1S/C10H16O3.C9H8F8O2.C7H10O3/c1-4-10(5-12-6-10)7-13-9(11)8(2)3;1-4(2)5(18)19-3-7(12,13)9(16,17)8(14,15)6(10)11;1-5(2)7(8)10-4-6-3-9-6/h2,4-7H2,1,3H3;6H,1,3H2,2H3;6H,1,3-4H2,2H3. The number of carbonyl (C=O) groups excluding carboxylic acids is 3. The van der Waals surface area contributed by atoms with E-state index < -0.39 is 42.3 Å². The molecule has 242 valence electrons. The molecule has 0 N–H and O–H groups in total. The van der Waals surface area contributed by atoms with Crippen molar-refractivity contribution in [3.8, 4) is 0 Å². The van der Waals surface area contributed by atoms with Gasteiger partial charge >= 0.3 is 42.1 Å². The van der Waals surface area contributed by atoms with Crippen molar-refractivity contribution in [2.45, 2.75) is 64.4 Å². The van der Waals surface area contributed by atoms with E-state index in [1.165, 1.54) is 0 Å². The molecule has 0 radical (unpaired) electrons. The normalized spacial score (nSPS) is 17.2. The molecule has 2 aliphatic heterocycles. The zero-order valence-electron chi connectivity index (χ0n) is 23.5. The lowest BCUT2D eigenvalue weighted by Gasteiger charge is -2.39. The van der Waals surface area contributed by atoms with Crippen molar-refractivity contribution in [2.75, 3.05) is 39.6 Å². The van der Waals surface area contributed by atoms with Crippen LogP contribution in [0.4, 0.5) is 35.1 Å². The van der Waals surface area contributed by atoms with Crippen molar-refractivity contribution < 1.29 is 73.2 Å². The summed E-state index contributed by atoms with van der Waals surface area (Å²) in [6, 6.07) is 0. The number of esters is 3. The zero-order valence-corrected chi connectivity index (χ0v) is 23.5. The molecule has 2 heterocycles. The van der Waals surface area contributed by atoms with Crippen LogP contribution in [0.5, 0.6) is 0 Å². The van der Waals surface area contributed by atoms with Gasteiger partial charge in [-0.1, -0.05) is 26.7 Å². The Morgan fingerprint density at radius 3 is 1.62 bits per heavy atom. The van der Waals surface area contributed by atoms with Crippen LogP contribution in [-0.2, 0) is 38.1 Å². The highest BCUT2D eigenvalue weighted by atomic mass is 19.4. The summed E-state index contributed by atoms with van der Waals surface area (Å²) in [6.07, 6.45) is -3.88. The molecule has 0 aliphatic carbocycles. The molecule has 8 nitrogen and oxygen atoms in total. The van der Waals surface area contributed by atoms with Gasteiger partial charge in [0.15, 0.2) is 6.61 Å². The van der Waals surface area contributed by atoms with E-state index in [0.717, 1.165) is 13.3 Å². The van der Waals surface area contributed by atoms with Gasteiger partial charge in [-0.2, -0.15) is 26.3 Å². The first-order valence-electron chi connectivity index (χ1n) is 12.2. The van der Waals surface area contributed by atoms with Crippen molar-refractivity contribution in [3.05, 3.63) is 36.5 Å². The topological polar surface area (TPSA) is 101 Å². The Kier molecular flexibility index (Phi) is 14.9. The Hall–Kier alpha value is -3.01. The van der Waals surface area contributed by atoms with Gasteiger partial charge in [0, 0.05) is 16.7 Å². The zero-order chi connectivity index (χ0) is 33.1. The molecule has 0 amide bonds. The van der Waals surface area contributed by atoms with Crippen LogP contribution in [0.25, 0.3) is 0 Å². The summed E-state index contributed by atoms with van der Waals surface area (Å²) in [5.74, 6) is -20.5. The fraction of sp³-hybridized carbons (Fsp3) is 0.654. The van der Waals surface area contributed by atoms with E-state index in [4.69, 9.17) is 18.9 Å². The molecule has 0 saturated carbocycles. The molecule has 2 fully saturated rings. The number of epoxide rings is 1. The fourth-order valence-corrected chi connectivity index (χ4v) is 2.33. The maximum absolute atomic E-state index is 12.8. The average molecular weight is 627 g/mol. The average Bonchev–Trinajstić information content (AvgIpc) is 3.70. The molecule has 1 atom stereocenters. The number of carbonyl (C=O) groups is 3. The summed E-state index contributed by atoms with van der Waals surface area (Å²) in [5.41, 5.74) is 0.498. The second-order valence-corrected chi connectivity index (χ2v) is 9.60. The summed E-state index contributed by atoms with van der Waals surface area (Å²) >= 11 is 0. The maximum atomic E-state index is 12.8. The van der Waals surface area contributed by atoms with E-state index in [9.17, 15) is 49.5 Å². The highest BCUT2D eigenvalue weighted by Crippen LogP contribution is 2.48. The summed E-state index contributed by atoms with van der Waals surface area (Å²) in [7, 11) is 0. The molecule has 0 bridgehead atoms. The van der Waals surface area contributed by atoms with Gasteiger partial charge in [0.1, 0.15) is 19.3 Å². The number of hydrogen-bond acceptors (Lipinski definition) is 8. The first kappa shape index (κ1) is 39.0. The molecule has 2 aliphatic rings. The van der Waals surface area contributed by atoms with Gasteiger partial charge in [0.2, 0.25) is 0 Å². The molecule has 0 aromatic heterocycles. The lowest BCUT2D eigenvalue weighted by atomic mass is 9.84. The van der Waals surface area contributed by atoms with E-state index in [-0.39, 0.29) is 23.5 Å². The summed E-state index contributed by atoms with van der Waals surface area (Å²) < 4.78 is 122. The van der Waals surface area contributed by atoms with Gasteiger partial charge in [0.05, 0.1) is 25.2 Å². The SMILES string of the molecule is C=C(C)C(=O)OCC(F)(F)C(F)(F)C(F)(F)C(F)F.C=C(C)C(=O)OCC1(CC)COC1.C=C(C)C(=O)OCC1CO1. The third kappa shape index (κ3) is 11.7.